The first-order valence-electron chi connectivity index (χ1n) is 7.61. The summed E-state index contributed by atoms with van der Waals surface area (Å²) in [7, 11) is 1.62. The van der Waals surface area contributed by atoms with Gasteiger partial charge in [-0.3, -0.25) is 5.10 Å². The highest BCUT2D eigenvalue weighted by Gasteiger charge is 2.12. The van der Waals surface area contributed by atoms with Gasteiger partial charge >= 0.3 is 0 Å². The molecule has 0 fully saturated rings. The normalized spacial score (nSPS) is 10.8. The standard InChI is InChI=1S/C18H15N5O2/c1-24-13-3-2-4-14(9-13)25-12-7-5-11(6-8-12)16-15-17(19)20-10-21-18(15)23-22-16/h2-10H,1H3,(H3,19,20,21,22,23). The molecule has 3 N–H and O–H groups in total. The van der Waals surface area contributed by atoms with Gasteiger partial charge in [0.25, 0.3) is 0 Å². The van der Waals surface area contributed by atoms with Crippen molar-refractivity contribution in [2.45, 2.75) is 0 Å². The monoisotopic (exact) mass is 333 g/mol. The van der Waals surface area contributed by atoms with Crippen LogP contribution in [0.4, 0.5) is 5.82 Å². The molecule has 0 aliphatic rings. The van der Waals surface area contributed by atoms with Gasteiger partial charge in [-0.25, -0.2) is 9.97 Å². The summed E-state index contributed by atoms with van der Waals surface area (Å²) in [5.41, 5.74) is 8.19. The van der Waals surface area contributed by atoms with Crippen molar-refractivity contribution >= 4 is 16.9 Å². The van der Waals surface area contributed by atoms with Gasteiger partial charge in [0.2, 0.25) is 0 Å². The Kier molecular flexibility index (Phi) is 3.66. The zero-order valence-electron chi connectivity index (χ0n) is 13.4. The highest BCUT2D eigenvalue weighted by Crippen LogP contribution is 2.31. The molecule has 7 nitrogen and oxygen atoms in total. The molecular weight excluding hydrogens is 318 g/mol. The number of H-pyrrole nitrogens is 1. The molecule has 0 bridgehead atoms. The van der Waals surface area contributed by atoms with Crippen molar-refractivity contribution in [2.75, 3.05) is 12.8 Å². The molecule has 0 atom stereocenters. The first-order valence-corrected chi connectivity index (χ1v) is 7.61. The van der Waals surface area contributed by atoms with Gasteiger partial charge in [-0.1, -0.05) is 6.07 Å². The number of nitrogens with zero attached hydrogens (tertiary/aromatic N) is 3. The third kappa shape index (κ3) is 2.83. The molecule has 0 spiro atoms. The zero-order valence-corrected chi connectivity index (χ0v) is 13.4. The lowest BCUT2D eigenvalue weighted by atomic mass is 10.1. The van der Waals surface area contributed by atoms with E-state index in [0.717, 1.165) is 17.0 Å². The molecule has 2 heterocycles. The maximum absolute atomic E-state index is 5.95. The molecule has 2 aromatic heterocycles. The second-order valence-electron chi connectivity index (χ2n) is 5.36. The summed E-state index contributed by atoms with van der Waals surface area (Å²) in [6, 6.07) is 15.0. The number of nitrogen functional groups attached to an aromatic ring is 1. The van der Waals surface area contributed by atoms with E-state index in [0.29, 0.717) is 28.4 Å². The third-order valence-corrected chi connectivity index (χ3v) is 3.80. The average Bonchev–Trinajstić information content (AvgIpc) is 3.08. The predicted molar refractivity (Wildman–Crippen MR) is 94.6 cm³/mol. The van der Waals surface area contributed by atoms with Crippen LogP contribution in [0.1, 0.15) is 0 Å². The number of rotatable bonds is 4. The number of fused-ring (bicyclic) bond motifs is 1. The van der Waals surface area contributed by atoms with Crippen molar-refractivity contribution in [3.8, 4) is 28.5 Å². The Morgan fingerprint density at radius 3 is 2.56 bits per heavy atom. The van der Waals surface area contributed by atoms with Gasteiger partial charge in [0.05, 0.1) is 18.2 Å². The number of ether oxygens (including phenoxy) is 2. The molecule has 0 aliphatic carbocycles. The van der Waals surface area contributed by atoms with Gasteiger partial charge in [0.15, 0.2) is 5.65 Å². The van der Waals surface area contributed by atoms with Crippen molar-refractivity contribution in [1.82, 2.24) is 20.2 Å². The Hall–Kier alpha value is -3.61. The second-order valence-corrected chi connectivity index (χ2v) is 5.36. The van der Waals surface area contributed by atoms with Crippen molar-refractivity contribution in [1.29, 1.82) is 0 Å². The van der Waals surface area contributed by atoms with Gasteiger partial charge in [-0.15, -0.1) is 0 Å². The summed E-state index contributed by atoms with van der Waals surface area (Å²) in [5, 5.41) is 7.84. The number of hydrogen-bond donors (Lipinski definition) is 2. The highest BCUT2D eigenvalue weighted by atomic mass is 16.5. The number of aromatic nitrogens is 4. The molecule has 4 rings (SSSR count). The average molecular weight is 333 g/mol. The largest absolute Gasteiger partial charge is 0.497 e. The predicted octanol–water partition coefficient (Wildman–Crippen LogP) is 3.40. The maximum Gasteiger partial charge on any atom is 0.186 e. The maximum atomic E-state index is 5.95. The van der Waals surface area contributed by atoms with Crippen LogP contribution in [-0.2, 0) is 0 Å². The third-order valence-electron chi connectivity index (χ3n) is 3.80. The molecule has 0 radical (unpaired) electrons. The number of aromatic amines is 1. The first-order chi connectivity index (χ1) is 12.2. The minimum absolute atomic E-state index is 0.394. The summed E-state index contributed by atoms with van der Waals surface area (Å²) < 4.78 is 11.0. The summed E-state index contributed by atoms with van der Waals surface area (Å²) in [4.78, 5) is 8.13. The van der Waals surface area contributed by atoms with Crippen LogP contribution in [0, 0.1) is 0 Å². The van der Waals surface area contributed by atoms with E-state index in [1.165, 1.54) is 6.33 Å². The van der Waals surface area contributed by atoms with Crippen LogP contribution in [-0.4, -0.2) is 27.3 Å². The van der Waals surface area contributed by atoms with E-state index >= 15 is 0 Å². The van der Waals surface area contributed by atoms with Crippen molar-refractivity contribution in [3.05, 3.63) is 54.9 Å². The Morgan fingerprint density at radius 1 is 0.960 bits per heavy atom. The van der Waals surface area contributed by atoms with Gasteiger partial charge in [0, 0.05) is 11.6 Å². The highest BCUT2D eigenvalue weighted by molar-refractivity contribution is 5.97. The topological polar surface area (TPSA) is 98.9 Å². The molecule has 124 valence electrons. The number of nitrogens with one attached hydrogen (secondary N) is 1. The minimum atomic E-state index is 0.394. The number of anilines is 1. The molecule has 0 amide bonds. The summed E-state index contributed by atoms with van der Waals surface area (Å²) in [6.07, 6.45) is 1.40. The summed E-state index contributed by atoms with van der Waals surface area (Å²) >= 11 is 0. The lowest BCUT2D eigenvalue weighted by molar-refractivity contribution is 0.409. The van der Waals surface area contributed by atoms with Crippen LogP contribution in [0.5, 0.6) is 17.2 Å². The molecule has 4 aromatic rings. The smallest absolute Gasteiger partial charge is 0.186 e. The van der Waals surface area contributed by atoms with Crippen LogP contribution >= 0.6 is 0 Å². The van der Waals surface area contributed by atoms with E-state index in [4.69, 9.17) is 15.2 Å². The van der Waals surface area contributed by atoms with Crippen molar-refractivity contribution in [3.63, 3.8) is 0 Å². The summed E-state index contributed by atoms with van der Waals surface area (Å²) in [6.45, 7) is 0. The van der Waals surface area contributed by atoms with Crippen LogP contribution in [0.2, 0.25) is 0 Å². The van der Waals surface area contributed by atoms with E-state index in [2.05, 4.69) is 20.2 Å². The molecular formula is C18H15N5O2. The first kappa shape index (κ1) is 14.9. The van der Waals surface area contributed by atoms with Crippen LogP contribution < -0.4 is 15.2 Å². The lowest BCUT2D eigenvalue weighted by Gasteiger charge is -2.08. The van der Waals surface area contributed by atoms with Crippen LogP contribution in [0.15, 0.2) is 54.9 Å². The Labute approximate surface area is 143 Å². The van der Waals surface area contributed by atoms with E-state index in [1.54, 1.807) is 7.11 Å². The lowest BCUT2D eigenvalue weighted by Crippen LogP contribution is -1.92. The number of hydrogen-bond acceptors (Lipinski definition) is 6. The van der Waals surface area contributed by atoms with E-state index in [9.17, 15) is 0 Å². The fraction of sp³-hybridized carbons (Fsp3) is 0.0556. The molecule has 0 unspecified atom stereocenters. The Morgan fingerprint density at radius 2 is 1.76 bits per heavy atom. The Balaban J connectivity index is 1.63. The van der Waals surface area contributed by atoms with Crippen molar-refractivity contribution in [2.24, 2.45) is 0 Å². The number of benzene rings is 2. The molecule has 0 aliphatic heterocycles. The van der Waals surface area contributed by atoms with E-state index in [-0.39, 0.29) is 0 Å². The van der Waals surface area contributed by atoms with E-state index in [1.807, 2.05) is 48.5 Å². The molecule has 2 aromatic carbocycles. The molecule has 0 saturated carbocycles. The van der Waals surface area contributed by atoms with Crippen LogP contribution in [0.25, 0.3) is 22.3 Å². The SMILES string of the molecule is COc1cccc(Oc2ccc(-c3[nH]nc4ncnc(N)c34)cc2)c1. The fourth-order valence-corrected chi connectivity index (χ4v) is 2.58. The van der Waals surface area contributed by atoms with Gasteiger partial charge in [0.1, 0.15) is 29.4 Å². The minimum Gasteiger partial charge on any atom is -0.497 e. The second kappa shape index (κ2) is 6.12. The quantitative estimate of drug-likeness (QED) is 0.594. The number of nitrogens with two attached hydrogens (primary N) is 1. The van der Waals surface area contributed by atoms with Gasteiger partial charge in [-0.2, -0.15) is 5.10 Å². The molecule has 0 saturated heterocycles. The summed E-state index contributed by atoms with van der Waals surface area (Å²) in [5.74, 6) is 2.56. The molecule has 7 heteroatoms. The zero-order chi connectivity index (χ0) is 17.2. The van der Waals surface area contributed by atoms with Gasteiger partial charge < -0.3 is 15.2 Å². The van der Waals surface area contributed by atoms with Crippen LogP contribution in [0.3, 0.4) is 0 Å². The van der Waals surface area contributed by atoms with Crippen molar-refractivity contribution < 1.29 is 9.47 Å². The number of methoxy groups -OCH3 is 1. The fourth-order valence-electron chi connectivity index (χ4n) is 2.58. The van der Waals surface area contributed by atoms with Gasteiger partial charge in [-0.05, 0) is 36.4 Å². The molecule has 25 heavy (non-hydrogen) atoms. The van der Waals surface area contributed by atoms with E-state index < -0.39 is 0 Å². The Bertz CT molecular complexity index is 1030.